The molecule has 0 radical (unpaired) electrons. The van der Waals surface area contributed by atoms with E-state index in [1.54, 1.807) is 6.92 Å². The molecule has 1 aliphatic heterocycles. The van der Waals surface area contributed by atoms with Gasteiger partial charge in [0.1, 0.15) is 0 Å². The van der Waals surface area contributed by atoms with Gasteiger partial charge in [0.25, 0.3) is 0 Å². The van der Waals surface area contributed by atoms with E-state index in [4.69, 9.17) is 0 Å². The number of amides is 1. The quantitative estimate of drug-likeness (QED) is 0.841. The number of likely N-dealkylation sites (tertiary alicyclic amines) is 1. The molecule has 0 bridgehead atoms. The second kappa shape index (κ2) is 7.10. The number of nitrogens with zero attached hydrogens (tertiary/aromatic N) is 1. The maximum atomic E-state index is 13.0. The van der Waals surface area contributed by atoms with Gasteiger partial charge in [-0.05, 0) is 18.1 Å². The van der Waals surface area contributed by atoms with Gasteiger partial charge in [0, 0.05) is 25.6 Å². The highest BCUT2D eigenvalue weighted by molar-refractivity contribution is 7.89. The molecule has 0 saturated carbocycles. The molecule has 1 heterocycles. The van der Waals surface area contributed by atoms with E-state index in [0.717, 1.165) is 6.07 Å². The van der Waals surface area contributed by atoms with Crippen LogP contribution in [-0.4, -0.2) is 37.6 Å². The monoisotopic (exact) mass is 364 g/mol. The van der Waals surface area contributed by atoms with Gasteiger partial charge in [-0.2, -0.15) is 13.2 Å². The van der Waals surface area contributed by atoms with Crippen molar-refractivity contribution in [3.05, 3.63) is 35.4 Å². The molecule has 1 atom stereocenters. The van der Waals surface area contributed by atoms with E-state index in [2.05, 4.69) is 4.72 Å². The van der Waals surface area contributed by atoms with Crippen LogP contribution >= 0.6 is 0 Å². The van der Waals surface area contributed by atoms with Crippen LogP contribution in [0.5, 0.6) is 0 Å². The van der Waals surface area contributed by atoms with E-state index in [0.29, 0.717) is 6.42 Å². The number of rotatable bonds is 6. The summed E-state index contributed by atoms with van der Waals surface area (Å²) in [5.74, 6) is -0.412. The Balaban J connectivity index is 2.09. The number of hydrogen-bond donors (Lipinski definition) is 1. The first-order valence-corrected chi connectivity index (χ1v) is 9.20. The second-order valence-electron chi connectivity index (χ2n) is 5.77. The maximum absolute atomic E-state index is 13.0. The minimum absolute atomic E-state index is 0.00425. The van der Waals surface area contributed by atoms with Gasteiger partial charge in [-0.1, -0.05) is 25.1 Å². The number of carbonyl (C=O) groups is 1. The Bertz CT molecular complexity index is 704. The number of carbonyl (C=O) groups excluding carboxylic acids is 1. The molecule has 1 saturated heterocycles. The van der Waals surface area contributed by atoms with Gasteiger partial charge in [-0.25, -0.2) is 13.1 Å². The zero-order chi connectivity index (χ0) is 18.0. The number of benzene rings is 1. The first-order valence-electron chi connectivity index (χ1n) is 7.55. The third-order valence-electron chi connectivity index (χ3n) is 3.72. The number of nitrogens with one attached hydrogen (secondary N) is 1. The zero-order valence-corrected chi connectivity index (χ0v) is 14.0. The van der Waals surface area contributed by atoms with Crippen LogP contribution in [-0.2, 0) is 27.5 Å². The molecule has 1 N–H and O–H groups in total. The molecule has 0 spiro atoms. The van der Waals surface area contributed by atoms with Crippen LogP contribution in [0.25, 0.3) is 0 Å². The lowest BCUT2D eigenvalue weighted by Gasteiger charge is -2.20. The van der Waals surface area contributed by atoms with Gasteiger partial charge >= 0.3 is 6.18 Å². The van der Waals surface area contributed by atoms with Gasteiger partial charge in [0.05, 0.1) is 11.3 Å². The lowest BCUT2D eigenvalue weighted by Crippen LogP contribution is -2.38. The molecule has 1 aromatic rings. The Morgan fingerprint density at radius 1 is 1.29 bits per heavy atom. The average Bonchev–Trinajstić information content (AvgIpc) is 2.77. The molecular weight excluding hydrogens is 345 g/mol. The van der Waals surface area contributed by atoms with Gasteiger partial charge in [-0.3, -0.25) is 4.79 Å². The molecule has 9 heteroatoms. The average molecular weight is 364 g/mol. The van der Waals surface area contributed by atoms with Crippen LogP contribution in [0.15, 0.2) is 24.3 Å². The van der Waals surface area contributed by atoms with Crippen molar-refractivity contribution in [2.24, 2.45) is 0 Å². The molecule has 0 unspecified atom stereocenters. The molecule has 1 aliphatic rings. The SMILES string of the molecule is CCCS(=O)(=O)N[C@H]1CC(=O)N(Cc2ccccc2C(F)(F)F)C1. The van der Waals surface area contributed by atoms with Crippen molar-refractivity contribution in [3.63, 3.8) is 0 Å². The number of halogens is 3. The Morgan fingerprint density at radius 2 is 1.96 bits per heavy atom. The van der Waals surface area contributed by atoms with Crippen molar-refractivity contribution in [1.29, 1.82) is 0 Å². The molecule has 0 aromatic heterocycles. The Hall–Kier alpha value is -1.61. The third kappa shape index (κ3) is 4.70. The molecule has 1 fully saturated rings. The van der Waals surface area contributed by atoms with Gasteiger partial charge in [0.15, 0.2) is 0 Å². The Morgan fingerprint density at radius 3 is 2.58 bits per heavy atom. The van der Waals surface area contributed by atoms with E-state index in [1.807, 2.05) is 0 Å². The van der Waals surface area contributed by atoms with Crippen LogP contribution < -0.4 is 4.72 Å². The summed E-state index contributed by atoms with van der Waals surface area (Å²) in [6, 6.07) is 4.46. The van der Waals surface area contributed by atoms with Crippen molar-refractivity contribution in [1.82, 2.24) is 9.62 Å². The van der Waals surface area contributed by atoms with Gasteiger partial charge in [0.2, 0.25) is 15.9 Å². The van der Waals surface area contributed by atoms with Crippen LogP contribution in [0.1, 0.15) is 30.9 Å². The highest BCUT2D eigenvalue weighted by Crippen LogP contribution is 2.32. The first kappa shape index (κ1) is 18.7. The summed E-state index contributed by atoms with van der Waals surface area (Å²) in [6.07, 6.45) is -4.10. The topological polar surface area (TPSA) is 66.5 Å². The predicted octanol–water partition coefficient (Wildman–Crippen LogP) is 2.14. The van der Waals surface area contributed by atoms with Gasteiger partial charge in [-0.15, -0.1) is 0 Å². The number of sulfonamides is 1. The standard InChI is InChI=1S/C15H19F3N2O3S/c1-2-7-24(22,23)19-12-8-14(21)20(10-12)9-11-5-3-4-6-13(11)15(16,17)18/h3-6,12,19H,2,7-10H2,1H3/t12-/m0/s1. The largest absolute Gasteiger partial charge is 0.416 e. The van der Waals surface area contributed by atoms with E-state index in [-0.39, 0.29) is 36.7 Å². The fraction of sp³-hybridized carbons (Fsp3) is 0.533. The summed E-state index contributed by atoms with van der Waals surface area (Å²) in [5, 5.41) is 0. The van der Waals surface area contributed by atoms with Crippen LogP contribution in [0.4, 0.5) is 13.2 Å². The molecule has 5 nitrogen and oxygen atoms in total. The molecule has 134 valence electrons. The van der Waals surface area contributed by atoms with Gasteiger partial charge < -0.3 is 4.90 Å². The normalized spacial score (nSPS) is 19.1. The van der Waals surface area contributed by atoms with Crippen molar-refractivity contribution >= 4 is 15.9 Å². The van der Waals surface area contributed by atoms with E-state index in [9.17, 15) is 26.4 Å². The molecule has 24 heavy (non-hydrogen) atoms. The number of hydrogen-bond acceptors (Lipinski definition) is 3. The predicted molar refractivity (Wildman–Crippen MR) is 82.5 cm³/mol. The van der Waals surface area contributed by atoms with E-state index in [1.165, 1.54) is 23.1 Å². The Kier molecular flexibility index (Phi) is 5.54. The highest BCUT2D eigenvalue weighted by atomic mass is 32.2. The molecule has 1 aromatic carbocycles. The minimum Gasteiger partial charge on any atom is -0.337 e. The number of alkyl halides is 3. The minimum atomic E-state index is -4.50. The van der Waals surface area contributed by atoms with Crippen LogP contribution in [0.3, 0.4) is 0 Å². The van der Waals surface area contributed by atoms with Crippen molar-refractivity contribution in [3.8, 4) is 0 Å². The fourth-order valence-corrected chi connectivity index (χ4v) is 4.05. The summed E-state index contributed by atoms with van der Waals surface area (Å²) < 4.78 is 65.0. The molecule has 2 rings (SSSR count). The summed E-state index contributed by atoms with van der Waals surface area (Å²) >= 11 is 0. The maximum Gasteiger partial charge on any atom is 0.416 e. The van der Waals surface area contributed by atoms with Crippen molar-refractivity contribution in [2.75, 3.05) is 12.3 Å². The van der Waals surface area contributed by atoms with Crippen molar-refractivity contribution < 1.29 is 26.4 Å². The third-order valence-corrected chi connectivity index (χ3v) is 5.36. The smallest absolute Gasteiger partial charge is 0.337 e. The Labute approximate surface area is 138 Å². The first-order chi connectivity index (χ1) is 11.1. The lowest BCUT2D eigenvalue weighted by atomic mass is 10.1. The highest BCUT2D eigenvalue weighted by Gasteiger charge is 2.36. The molecule has 1 amide bonds. The van der Waals surface area contributed by atoms with Crippen molar-refractivity contribution in [2.45, 2.75) is 38.5 Å². The summed E-state index contributed by atoms with van der Waals surface area (Å²) in [6.45, 7) is 1.59. The van der Waals surface area contributed by atoms with Crippen LogP contribution in [0.2, 0.25) is 0 Å². The van der Waals surface area contributed by atoms with Crippen LogP contribution in [0, 0.1) is 0 Å². The van der Waals surface area contributed by atoms with E-state index >= 15 is 0 Å². The molecule has 0 aliphatic carbocycles. The zero-order valence-electron chi connectivity index (χ0n) is 13.1. The lowest BCUT2D eigenvalue weighted by molar-refractivity contribution is -0.139. The van der Waals surface area contributed by atoms with E-state index < -0.39 is 27.8 Å². The molecular formula is C15H19F3N2O3S. The second-order valence-corrected chi connectivity index (χ2v) is 7.64. The summed E-state index contributed by atoms with van der Waals surface area (Å²) in [7, 11) is -3.48. The fourth-order valence-electron chi connectivity index (χ4n) is 2.73. The summed E-state index contributed by atoms with van der Waals surface area (Å²) in [5.41, 5.74) is -0.789. The summed E-state index contributed by atoms with van der Waals surface area (Å²) in [4.78, 5) is 13.3.